The topological polar surface area (TPSA) is 35.6 Å². The van der Waals surface area contributed by atoms with Crippen LogP contribution in [0.4, 0.5) is 0 Å². The van der Waals surface area contributed by atoms with Gasteiger partial charge in [-0.1, -0.05) is 54.6 Å². The quantitative estimate of drug-likeness (QED) is 0.799. The molecule has 2 aromatic carbocycles. The van der Waals surface area contributed by atoms with Crippen LogP contribution in [0.5, 0.6) is 0 Å². The van der Waals surface area contributed by atoms with Crippen LogP contribution in [0.3, 0.4) is 0 Å². The summed E-state index contributed by atoms with van der Waals surface area (Å²) in [6.45, 7) is 2.41. The number of halogens is 2. The summed E-state index contributed by atoms with van der Waals surface area (Å²) < 4.78 is 0. The van der Waals surface area contributed by atoms with Crippen molar-refractivity contribution in [1.29, 1.82) is 0 Å². The van der Waals surface area contributed by atoms with Crippen molar-refractivity contribution in [2.45, 2.75) is 37.4 Å². The van der Waals surface area contributed by atoms with Crippen LogP contribution in [-0.4, -0.2) is 48.9 Å². The molecule has 0 radical (unpaired) electrons. The third-order valence-electron chi connectivity index (χ3n) is 6.45. The summed E-state index contributed by atoms with van der Waals surface area (Å²) in [6, 6.07) is 19.1. The second kappa shape index (κ2) is 9.94. The van der Waals surface area contributed by atoms with Gasteiger partial charge in [-0.15, -0.1) is 24.8 Å². The van der Waals surface area contributed by atoms with Crippen molar-refractivity contribution in [3.63, 3.8) is 0 Å². The summed E-state index contributed by atoms with van der Waals surface area (Å²) in [5.74, 6) is 0.255. The molecule has 2 aliphatic heterocycles. The third-order valence-corrected chi connectivity index (χ3v) is 6.45. The molecule has 1 atom stereocenters. The number of likely N-dealkylation sites (tertiary alicyclic amines) is 1. The Hall–Kier alpha value is -1.59. The summed E-state index contributed by atoms with van der Waals surface area (Å²) in [6.07, 6.45) is 2.74. The van der Waals surface area contributed by atoms with Gasteiger partial charge in [-0.25, -0.2) is 0 Å². The summed E-state index contributed by atoms with van der Waals surface area (Å²) in [7, 11) is 4.31. The van der Waals surface area contributed by atoms with E-state index in [4.69, 9.17) is 0 Å². The number of piperidine rings is 1. The molecule has 1 fully saturated rings. The van der Waals surface area contributed by atoms with Crippen molar-refractivity contribution in [2.75, 3.05) is 27.2 Å². The molecule has 2 aromatic rings. The highest BCUT2D eigenvalue weighted by Crippen LogP contribution is 2.37. The number of fused-ring (bicyclic) bond motifs is 1. The van der Waals surface area contributed by atoms with Gasteiger partial charge in [-0.05, 0) is 50.0 Å². The van der Waals surface area contributed by atoms with Crippen LogP contribution < -0.4 is 5.32 Å². The van der Waals surface area contributed by atoms with E-state index in [-0.39, 0.29) is 42.3 Å². The van der Waals surface area contributed by atoms with E-state index >= 15 is 0 Å². The van der Waals surface area contributed by atoms with Gasteiger partial charge in [0.05, 0.1) is 6.04 Å². The maximum Gasteiger partial charge on any atom is 0.240 e. The van der Waals surface area contributed by atoms with Gasteiger partial charge in [0.1, 0.15) is 0 Å². The highest BCUT2D eigenvalue weighted by atomic mass is 35.5. The van der Waals surface area contributed by atoms with E-state index in [0.717, 1.165) is 38.9 Å². The molecule has 0 saturated carbocycles. The second-order valence-electron chi connectivity index (χ2n) is 8.02. The fourth-order valence-electron chi connectivity index (χ4n) is 4.69. The molecule has 2 aliphatic rings. The number of hydrogen-bond acceptors (Lipinski definition) is 3. The third kappa shape index (κ3) is 4.61. The number of nitrogens with one attached hydrogen (secondary N) is 1. The monoisotopic (exact) mass is 435 g/mol. The van der Waals surface area contributed by atoms with E-state index in [1.165, 1.54) is 16.7 Å². The minimum atomic E-state index is -0.0940. The number of amides is 1. The molecule has 158 valence electrons. The van der Waals surface area contributed by atoms with E-state index < -0.39 is 0 Å². The zero-order valence-electron chi connectivity index (χ0n) is 17.1. The zero-order valence-corrected chi connectivity index (χ0v) is 18.8. The molecule has 0 aromatic heterocycles. The molecule has 29 heavy (non-hydrogen) atoms. The van der Waals surface area contributed by atoms with Gasteiger partial charge in [-0.3, -0.25) is 9.69 Å². The Labute approximate surface area is 186 Å². The fraction of sp³-hybridized carbons (Fsp3) is 0.435. The van der Waals surface area contributed by atoms with E-state index in [1.807, 2.05) is 0 Å². The largest absolute Gasteiger partial charge is 0.341 e. The van der Waals surface area contributed by atoms with Gasteiger partial charge in [-0.2, -0.15) is 0 Å². The van der Waals surface area contributed by atoms with Gasteiger partial charge in [0.2, 0.25) is 5.91 Å². The Bertz CT molecular complexity index is 805. The molecule has 1 saturated heterocycles. The molecule has 4 rings (SSSR count). The molecule has 0 aliphatic carbocycles. The number of rotatable bonds is 3. The minimum absolute atomic E-state index is 0. The van der Waals surface area contributed by atoms with Crippen molar-refractivity contribution in [3.05, 3.63) is 71.3 Å². The first-order chi connectivity index (χ1) is 13.1. The Morgan fingerprint density at radius 1 is 0.966 bits per heavy atom. The number of nitrogens with zero attached hydrogens (tertiary/aromatic N) is 2. The number of carbonyl (C=O) groups excluding carboxylic acids is 1. The summed E-state index contributed by atoms with van der Waals surface area (Å²) in [5.41, 5.74) is 3.99. The van der Waals surface area contributed by atoms with E-state index in [1.54, 1.807) is 0 Å². The van der Waals surface area contributed by atoms with Crippen LogP contribution >= 0.6 is 24.8 Å². The lowest BCUT2D eigenvalue weighted by Crippen LogP contribution is -2.56. The second-order valence-corrected chi connectivity index (χ2v) is 8.02. The first-order valence-corrected chi connectivity index (χ1v) is 9.92. The number of benzene rings is 2. The van der Waals surface area contributed by atoms with Crippen molar-refractivity contribution in [2.24, 2.45) is 0 Å². The summed E-state index contributed by atoms with van der Waals surface area (Å²) in [5, 5.41) is 3.45. The lowest BCUT2D eigenvalue weighted by Gasteiger charge is -2.47. The molecule has 1 unspecified atom stereocenters. The van der Waals surface area contributed by atoms with Crippen LogP contribution in [0.15, 0.2) is 54.6 Å². The van der Waals surface area contributed by atoms with Crippen LogP contribution in [0.2, 0.25) is 0 Å². The van der Waals surface area contributed by atoms with Crippen LogP contribution in [0, 0.1) is 0 Å². The summed E-state index contributed by atoms with van der Waals surface area (Å²) in [4.78, 5) is 17.5. The Morgan fingerprint density at radius 3 is 2.17 bits per heavy atom. The average molecular weight is 436 g/mol. The molecule has 0 bridgehead atoms. The van der Waals surface area contributed by atoms with Crippen LogP contribution in [0.25, 0.3) is 0 Å². The molecule has 2 heterocycles. The molecular weight excluding hydrogens is 405 g/mol. The predicted octanol–water partition coefficient (Wildman–Crippen LogP) is 3.62. The Balaban J connectivity index is 0.00000150. The standard InChI is InChI=1S/C23H29N3O.2ClH/c1-25(2)23(20-10-4-3-5-11-20)12-14-26(15-13-23)22(27)21-16-18-8-6-7-9-19(18)17-24-21;;/h3-11,21,24H,12-17H2,1-2H3;2*1H. The smallest absolute Gasteiger partial charge is 0.240 e. The minimum Gasteiger partial charge on any atom is -0.341 e. The summed E-state index contributed by atoms with van der Waals surface area (Å²) >= 11 is 0. The molecule has 0 spiro atoms. The van der Waals surface area contributed by atoms with Crippen molar-refractivity contribution in [1.82, 2.24) is 15.1 Å². The molecular formula is C23H31Cl2N3O. The first kappa shape index (κ1) is 23.7. The van der Waals surface area contributed by atoms with Gasteiger partial charge in [0.25, 0.3) is 0 Å². The number of carbonyl (C=O) groups is 1. The van der Waals surface area contributed by atoms with Crippen LogP contribution in [0.1, 0.15) is 29.5 Å². The highest BCUT2D eigenvalue weighted by Gasteiger charge is 2.40. The van der Waals surface area contributed by atoms with Gasteiger partial charge >= 0.3 is 0 Å². The maximum absolute atomic E-state index is 13.1. The van der Waals surface area contributed by atoms with Gasteiger partial charge in [0.15, 0.2) is 0 Å². The van der Waals surface area contributed by atoms with Gasteiger partial charge in [0, 0.05) is 25.2 Å². The van der Waals surface area contributed by atoms with E-state index in [0.29, 0.717) is 0 Å². The van der Waals surface area contributed by atoms with Crippen LogP contribution in [-0.2, 0) is 23.3 Å². The van der Waals surface area contributed by atoms with E-state index in [2.05, 4.69) is 83.8 Å². The number of hydrogen-bond donors (Lipinski definition) is 1. The first-order valence-electron chi connectivity index (χ1n) is 9.92. The van der Waals surface area contributed by atoms with E-state index in [9.17, 15) is 4.79 Å². The zero-order chi connectivity index (χ0) is 18.9. The Kier molecular flexibility index (Phi) is 8.12. The van der Waals surface area contributed by atoms with Crippen molar-refractivity contribution < 1.29 is 4.79 Å². The fourth-order valence-corrected chi connectivity index (χ4v) is 4.69. The molecule has 4 nitrogen and oxygen atoms in total. The van der Waals surface area contributed by atoms with Gasteiger partial charge < -0.3 is 10.2 Å². The lowest BCUT2D eigenvalue weighted by atomic mass is 9.79. The molecule has 1 N–H and O–H groups in total. The average Bonchev–Trinajstić information content (AvgIpc) is 2.73. The molecule has 6 heteroatoms. The normalized spacial score (nSPS) is 20.2. The maximum atomic E-state index is 13.1. The lowest BCUT2D eigenvalue weighted by molar-refractivity contribution is -0.136. The van der Waals surface area contributed by atoms with Crippen molar-refractivity contribution >= 4 is 30.7 Å². The predicted molar refractivity (Wildman–Crippen MR) is 123 cm³/mol. The molecule has 1 amide bonds. The highest BCUT2D eigenvalue weighted by molar-refractivity contribution is 5.85. The Morgan fingerprint density at radius 2 is 1.55 bits per heavy atom. The van der Waals surface area contributed by atoms with Crippen molar-refractivity contribution in [3.8, 4) is 0 Å². The SMILES string of the molecule is CN(C)C1(c2ccccc2)CCN(C(=O)C2Cc3ccccc3CN2)CC1.Cl.Cl.